The van der Waals surface area contributed by atoms with Crippen LogP contribution in [0.25, 0.3) is 11.2 Å². The number of anilines is 1. The molecule has 0 bridgehead atoms. The lowest BCUT2D eigenvalue weighted by molar-refractivity contribution is 0.0933. The van der Waals surface area contributed by atoms with Crippen molar-refractivity contribution in [1.29, 1.82) is 0 Å². The van der Waals surface area contributed by atoms with Crippen LogP contribution < -0.4 is 14.8 Å². The zero-order valence-electron chi connectivity index (χ0n) is 19.0. The maximum atomic E-state index is 10.6. The normalized spacial score (nSPS) is 11.8. The Morgan fingerprint density at radius 3 is 2.26 bits per heavy atom. The number of nitrogens with zero attached hydrogens (tertiary/aromatic N) is 4. The monoisotopic (exact) mass is 467 g/mol. The van der Waals surface area contributed by atoms with Gasteiger partial charge in [0.25, 0.3) is 0 Å². The fourth-order valence-corrected chi connectivity index (χ4v) is 3.63. The van der Waals surface area contributed by atoms with Gasteiger partial charge in [0, 0.05) is 6.54 Å². The highest BCUT2D eigenvalue weighted by Crippen LogP contribution is 2.24. The van der Waals surface area contributed by atoms with Gasteiger partial charge in [0.1, 0.15) is 41.8 Å². The lowest BCUT2D eigenvalue weighted by Gasteiger charge is -2.14. The van der Waals surface area contributed by atoms with E-state index >= 15 is 0 Å². The van der Waals surface area contributed by atoms with Crippen molar-refractivity contribution in [2.45, 2.75) is 19.2 Å². The minimum absolute atomic E-state index is 0.128. The number of rotatable bonds is 10. The highest BCUT2D eigenvalue weighted by molar-refractivity contribution is 5.82. The van der Waals surface area contributed by atoms with Gasteiger partial charge in [-0.1, -0.05) is 48.5 Å². The summed E-state index contributed by atoms with van der Waals surface area (Å²) in [5.74, 6) is 2.78. The van der Waals surface area contributed by atoms with Gasteiger partial charge in [-0.3, -0.25) is 0 Å². The molecule has 0 radical (unpaired) electrons. The Morgan fingerprint density at radius 2 is 1.49 bits per heavy atom. The van der Waals surface area contributed by atoms with Crippen molar-refractivity contribution < 1.29 is 14.6 Å². The minimum atomic E-state index is -0.747. The summed E-state index contributed by atoms with van der Waals surface area (Å²) >= 11 is 0. The molecule has 35 heavy (non-hydrogen) atoms. The number of nitrogens with one attached hydrogen (secondary N) is 1. The number of aliphatic hydroxyl groups excluding tert-OH is 1. The number of hydrogen-bond acceptors (Lipinski definition) is 7. The number of aromatic nitrogens is 4. The number of hydrogen-bond donors (Lipinski definition) is 2. The highest BCUT2D eigenvalue weighted by Gasteiger charge is 2.14. The van der Waals surface area contributed by atoms with E-state index in [-0.39, 0.29) is 6.61 Å². The van der Waals surface area contributed by atoms with E-state index in [1.54, 1.807) is 10.9 Å². The molecule has 8 heteroatoms. The molecule has 0 saturated heterocycles. The molecule has 2 N–H and O–H groups in total. The first-order chi connectivity index (χ1) is 17.2. The lowest BCUT2D eigenvalue weighted by Crippen LogP contribution is -2.23. The molecule has 0 amide bonds. The number of para-hydroxylation sites is 1. The van der Waals surface area contributed by atoms with Crippen molar-refractivity contribution in [3.8, 4) is 17.2 Å². The van der Waals surface area contributed by atoms with Gasteiger partial charge >= 0.3 is 0 Å². The average molecular weight is 468 g/mol. The van der Waals surface area contributed by atoms with Crippen LogP contribution in [0.4, 0.5) is 5.82 Å². The first-order valence-corrected chi connectivity index (χ1v) is 11.3. The fraction of sp³-hybridized carbons (Fsp3) is 0.148. The molecule has 0 aliphatic heterocycles. The Bertz CT molecular complexity index is 1360. The van der Waals surface area contributed by atoms with Gasteiger partial charge in [-0.15, -0.1) is 0 Å². The van der Waals surface area contributed by atoms with Crippen molar-refractivity contribution >= 4 is 17.0 Å². The standard InChI is InChI=1S/C27H25N5O3/c33-21(17-34-22-11-13-24(14-12-22)35-23-9-5-2-6-10-23)16-32-19-31-25-26(29-18-30-27(25)32)28-15-20-7-3-1-4-8-20/h1-14,18-19,21,33H,15-17H2,(H,28,29,30)/t21-/m1/s1. The van der Waals surface area contributed by atoms with Gasteiger partial charge in [0.2, 0.25) is 0 Å². The van der Waals surface area contributed by atoms with Gasteiger partial charge in [0.15, 0.2) is 11.5 Å². The molecule has 8 nitrogen and oxygen atoms in total. The molecule has 5 aromatic rings. The summed E-state index contributed by atoms with van der Waals surface area (Å²) in [6.07, 6.45) is 2.41. The average Bonchev–Trinajstić information content (AvgIpc) is 3.31. The van der Waals surface area contributed by atoms with Crippen LogP contribution in [-0.4, -0.2) is 37.3 Å². The van der Waals surface area contributed by atoms with Crippen molar-refractivity contribution in [2.24, 2.45) is 0 Å². The molecular formula is C27H25N5O3. The number of imidazole rings is 1. The molecule has 1 atom stereocenters. The number of aliphatic hydroxyl groups is 1. The highest BCUT2D eigenvalue weighted by atomic mass is 16.5. The van der Waals surface area contributed by atoms with E-state index in [1.165, 1.54) is 6.33 Å². The van der Waals surface area contributed by atoms with Crippen LogP contribution in [0.5, 0.6) is 17.2 Å². The summed E-state index contributed by atoms with van der Waals surface area (Å²) < 4.78 is 13.4. The number of ether oxygens (including phenoxy) is 2. The third kappa shape index (κ3) is 5.74. The summed E-state index contributed by atoms with van der Waals surface area (Å²) in [6, 6.07) is 26.9. The maximum Gasteiger partial charge on any atom is 0.165 e. The molecule has 0 spiro atoms. The third-order valence-electron chi connectivity index (χ3n) is 5.36. The molecule has 0 saturated carbocycles. The SMILES string of the molecule is O[C@@H](COc1ccc(Oc2ccccc2)cc1)Cn1cnc2c(NCc3ccccc3)ncnc21. The zero-order valence-corrected chi connectivity index (χ0v) is 19.0. The smallest absolute Gasteiger partial charge is 0.165 e. The summed E-state index contributed by atoms with van der Waals surface area (Å²) in [6.45, 7) is 1.05. The van der Waals surface area contributed by atoms with E-state index in [1.807, 2.05) is 84.9 Å². The van der Waals surface area contributed by atoms with Gasteiger partial charge in [-0.05, 0) is 42.0 Å². The Labute approximate surface area is 202 Å². The summed E-state index contributed by atoms with van der Waals surface area (Å²) in [7, 11) is 0. The minimum Gasteiger partial charge on any atom is -0.491 e. The number of fused-ring (bicyclic) bond motifs is 1. The molecule has 5 rings (SSSR count). The van der Waals surface area contributed by atoms with Gasteiger partial charge in [-0.2, -0.15) is 0 Å². The Hall–Kier alpha value is -4.43. The third-order valence-corrected chi connectivity index (χ3v) is 5.36. The molecule has 176 valence electrons. The van der Waals surface area contributed by atoms with E-state index in [0.717, 1.165) is 11.3 Å². The van der Waals surface area contributed by atoms with Crippen LogP contribution in [0, 0.1) is 0 Å². The van der Waals surface area contributed by atoms with E-state index in [0.29, 0.717) is 41.6 Å². The van der Waals surface area contributed by atoms with Crippen LogP contribution >= 0.6 is 0 Å². The van der Waals surface area contributed by atoms with Crippen LogP contribution in [0.15, 0.2) is 97.6 Å². The first-order valence-electron chi connectivity index (χ1n) is 11.3. The Kier molecular flexibility index (Phi) is 6.82. The molecule has 0 aliphatic rings. The second kappa shape index (κ2) is 10.7. The summed E-state index contributed by atoms with van der Waals surface area (Å²) in [5.41, 5.74) is 2.45. The largest absolute Gasteiger partial charge is 0.491 e. The molecule has 2 heterocycles. The first kappa shape index (κ1) is 22.4. The van der Waals surface area contributed by atoms with Crippen LogP contribution in [0.3, 0.4) is 0 Å². The lowest BCUT2D eigenvalue weighted by atomic mass is 10.2. The van der Waals surface area contributed by atoms with Crippen molar-refractivity contribution in [3.63, 3.8) is 0 Å². The van der Waals surface area contributed by atoms with Crippen molar-refractivity contribution in [3.05, 3.63) is 103 Å². The van der Waals surface area contributed by atoms with Gasteiger partial charge in [0.05, 0.1) is 12.9 Å². The molecule has 2 aromatic heterocycles. The van der Waals surface area contributed by atoms with E-state index in [4.69, 9.17) is 9.47 Å². The number of benzene rings is 3. The van der Waals surface area contributed by atoms with Gasteiger partial charge in [-0.25, -0.2) is 15.0 Å². The predicted octanol–water partition coefficient (Wildman–Crippen LogP) is 4.67. The van der Waals surface area contributed by atoms with Crippen molar-refractivity contribution in [1.82, 2.24) is 19.5 Å². The van der Waals surface area contributed by atoms with Crippen LogP contribution in [0.1, 0.15) is 5.56 Å². The second-order valence-corrected chi connectivity index (χ2v) is 7.98. The van der Waals surface area contributed by atoms with Crippen molar-refractivity contribution in [2.75, 3.05) is 11.9 Å². The molecule has 3 aromatic carbocycles. The second-order valence-electron chi connectivity index (χ2n) is 7.98. The fourth-order valence-electron chi connectivity index (χ4n) is 3.63. The topological polar surface area (TPSA) is 94.3 Å². The Morgan fingerprint density at radius 1 is 0.800 bits per heavy atom. The quantitative estimate of drug-likeness (QED) is 0.308. The van der Waals surface area contributed by atoms with E-state index in [9.17, 15) is 5.11 Å². The zero-order chi connectivity index (χ0) is 23.9. The van der Waals surface area contributed by atoms with Crippen LogP contribution in [-0.2, 0) is 13.1 Å². The maximum absolute atomic E-state index is 10.6. The predicted molar refractivity (Wildman–Crippen MR) is 134 cm³/mol. The summed E-state index contributed by atoms with van der Waals surface area (Å²) in [5, 5.41) is 13.9. The van der Waals surface area contributed by atoms with E-state index < -0.39 is 6.10 Å². The molecule has 0 fully saturated rings. The Balaban J connectivity index is 1.16. The summed E-state index contributed by atoms with van der Waals surface area (Å²) in [4.78, 5) is 13.1. The van der Waals surface area contributed by atoms with Crippen LogP contribution in [0.2, 0.25) is 0 Å². The van der Waals surface area contributed by atoms with Gasteiger partial charge < -0.3 is 24.5 Å². The molecular weight excluding hydrogens is 442 g/mol. The molecule has 0 unspecified atom stereocenters. The van der Waals surface area contributed by atoms with E-state index in [2.05, 4.69) is 20.3 Å². The molecule has 0 aliphatic carbocycles.